The van der Waals surface area contributed by atoms with Gasteiger partial charge in [-0.2, -0.15) is 0 Å². The van der Waals surface area contributed by atoms with E-state index in [0.717, 1.165) is 0 Å². The lowest BCUT2D eigenvalue weighted by Crippen LogP contribution is -2.18. The van der Waals surface area contributed by atoms with Crippen molar-refractivity contribution in [2.24, 2.45) is 12.8 Å². The summed E-state index contributed by atoms with van der Waals surface area (Å²) >= 11 is 2.41. The highest BCUT2D eigenvalue weighted by atomic mass is 32.2. The normalized spacial score (nSPS) is 18.7. The van der Waals surface area contributed by atoms with Gasteiger partial charge in [0.2, 0.25) is 5.91 Å². The van der Waals surface area contributed by atoms with Crippen LogP contribution in [0, 0.1) is 0 Å². The third-order valence-corrected chi connectivity index (χ3v) is 7.60. The summed E-state index contributed by atoms with van der Waals surface area (Å²) in [7, 11) is -1.25. The number of nitrogens with zero attached hydrogens (tertiary/aromatic N) is 3. The van der Waals surface area contributed by atoms with Crippen molar-refractivity contribution >= 4 is 49.8 Å². The van der Waals surface area contributed by atoms with E-state index < -0.39 is 15.7 Å². The molecule has 26 heavy (non-hydrogen) atoms. The van der Waals surface area contributed by atoms with Crippen molar-refractivity contribution in [3.63, 3.8) is 0 Å². The lowest BCUT2D eigenvalue weighted by atomic mass is 10.1. The summed E-state index contributed by atoms with van der Waals surface area (Å²) in [5.74, 6) is -0.123. The van der Waals surface area contributed by atoms with Gasteiger partial charge in [0.15, 0.2) is 15.0 Å². The van der Waals surface area contributed by atoms with E-state index in [4.69, 9.17) is 5.73 Å². The van der Waals surface area contributed by atoms with Crippen LogP contribution >= 0.6 is 23.1 Å². The molecule has 3 rings (SSSR count). The Hall–Kier alpha value is -1.92. The lowest BCUT2D eigenvalue weighted by molar-refractivity contribution is -0.113. The van der Waals surface area contributed by atoms with Crippen LogP contribution in [0.1, 0.15) is 28.5 Å². The average molecular weight is 416 g/mol. The van der Waals surface area contributed by atoms with Crippen LogP contribution in [0.3, 0.4) is 0 Å². The average Bonchev–Trinajstić information content (AvgIpc) is 3.24. The van der Waals surface area contributed by atoms with Gasteiger partial charge in [0, 0.05) is 13.0 Å². The van der Waals surface area contributed by atoms with Crippen LogP contribution in [-0.4, -0.2) is 52.3 Å². The predicted octanol–water partition coefficient (Wildman–Crippen LogP) is 0.608. The number of nitrogens with two attached hydrogens (primary N) is 1. The summed E-state index contributed by atoms with van der Waals surface area (Å²) in [4.78, 5) is 23.4. The van der Waals surface area contributed by atoms with E-state index in [1.54, 1.807) is 23.1 Å². The molecule has 3 heterocycles. The Labute approximate surface area is 158 Å². The molecule has 1 aliphatic rings. The zero-order valence-electron chi connectivity index (χ0n) is 13.8. The monoisotopic (exact) mass is 415 g/mol. The minimum absolute atomic E-state index is 0.0744. The number of anilines is 1. The molecule has 140 valence electrons. The highest BCUT2D eigenvalue weighted by Crippen LogP contribution is 2.29. The molecular weight excluding hydrogens is 398 g/mol. The van der Waals surface area contributed by atoms with Gasteiger partial charge in [-0.3, -0.25) is 9.59 Å². The molecule has 9 nitrogen and oxygen atoms in total. The number of carbonyl (C=O) groups is 2. The number of aromatic nitrogens is 3. The van der Waals surface area contributed by atoms with Crippen molar-refractivity contribution in [1.82, 2.24) is 14.8 Å². The standard InChI is InChI=1S/C14H17N5O4S3/c1-19-12(8-3-5-26(22,23)7-8)17-18-14(19)25-6-10(20)16-13-9(11(15)21)2-4-24-13/h2,4,8H,3,5-7H2,1H3,(H2,15,21)(H,16,20). The first-order chi connectivity index (χ1) is 12.3. The van der Waals surface area contributed by atoms with Crippen LogP contribution in [0.15, 0.2) is 16.6 Å². The highest BCUT2D eigenvalue weighted by molar-refractivity contribution is 7.99. The molecular formula is C14H17N5O4S3. The number of thioether (sulfide) groups is 1. The summed E-state index contributed by atoms with van der Waals surface area (Å²) in [5, 5.41) is 13.4. The molecule has 1 atom stereocenters. The Balaban J connectivity index is 1.61. The molecule has 12 heteroatoms. The van der Waals surface area contributed by atoms with Crippen molar-refractivity contribution in [1.29, 1.82) is 0 Å². The minimum atomic E-state index is -3.01. The van der Waals surface area contributed by atoms with E-state index in [1.165, 1.54) is 23.1 Å². The largest absolute Gasteiger partial charge is 0.366 e. The number of thiophene rings is 1. The molecule has 1 fully saturated rings. The summed E-state index contributed by atoms with van der Waals surface area (Å²) < 4.78 is 25.0. The van der Waals surface area contributed by atoms with Crippen LogP contribution in [-0.2, 0) is 21.7 Å². The van der Waals surface area contributed by atoms with Crippen LogP contribution < -0.4 is 11.1 Å². The first-order valence-corrected chi connectivity index (χ1v) is 11.3. The first-order valence-electron chi connectivity index (χ1n) is 7.66. The number of rotatable bonds is 6. The number of primary amides is 1. The van der Waals surface area contributed by atoms with Gasteiger partial charge in [0.1, 0.15) is 10.8 Å². The maximum atomic E-state index is 12.1. The smallest absolute Gasteiger partial charge is 0.251 e. The molecule has 0 radical (unpaired) electrons. The van der Waals surface area contributed by atoms with E-state index in [9.17, 15) is 18.0 Å². The van der Waals surface area contributed by atoms with E-state index >= 15 is 0 Å². The van der Waals surface area contributed by atoms with E-state index in [0.29, 0.717) is 22.4 Å². The zero-order chi connectivity index (χ0) is 18.9. The molecule has 0 saturated carbocycles. The Bertz CT molecular complexity index is 950. The molecule has 3 N–H and O–H groups in total. The summed E-state index contributed by atoms with van der Waals surface area (Å²) in [5.41, 5.74) is 5.52. The second-order valence-electron chi connectivity index (χ2n) is 5.86. The molecule has 0 bridgehead atoms. The molecule has 2 amide bonds. The summed E-state index contributed by atoms with van der Waals surface area (Å²) in [6.45, 7) is 0. The second kappa shape index (κ2) is 7.37. The second-order valence-corrected chi connectivity index (χ2v) is 9.95. The first kappa shape index (κ1) is 18.9. The van der Waals surface area contributed by atoms with Crippen LogP contribution in [0.2, 0.25) is 0 Å². The number of amides is 2. The third-order valence-electron chi connectivity index (χ3n) is 3.98. The van der Waals surface area contributed by atoms with E-state index in [1.807, 2.05) is 0 Å². The predicted molar refractivity (Wildman–Crippen MR) is 99.2 cm³/mol. The number of nitrogens with one attached hydrogen (secondary N) is 1. The van der Waals surface area contributed by atoms with Crippen molar-refractivity contribution in [3.05, 3.63) is 22.8 Å². The molecule has 0 spiro atoms. The fourth-order valence-electron chi connectivity index (χ4n) is 2.70. The zero-order valence-corrected chi connectivity index (χ0v) is 16.3. The SMILES string of the molecule is Cn1c(SCC(=O)Nc2sccc2C(N)=O)nnc1C1CCS(=O)(=O)C1. The topological polar surface area (TPSA) is 137 Å². The molecule has 0 aliphatic carbocycles. The Kier molecular flexibility index (Phi) is 5.34. The van der Waals surface area contributed by atoms with Crippen LogP contribution in [0.25, 0.3) is 0 Å². The van der Waals surface area contributed by atoms with Gasteiger partial charge in [0.25, 0.3) is 5.91 Å². The van der Waals surface area contributed by atoms with Gasteiger partial charge in [-0.15, -0.1) is 21.5 Å². The lowest BCUT2D eigenvalue weighted by Gasteiger charge is -2.08. The van der Waals surface area contributed by atoms with E-state index in [-0.39, 0.29) is 34.6 Å². The van der Waals surface area contributed by atoms with Gasteiger partial charge in [-0.1, -0.05) is 11.8 Å². The summed E-state index contributed by atoms with van der Waals surface area (Å²) in [6.07, 6.45) is 0.535. The molecule has 0 aromatic carbocycles. The van der Waals surface area contributed by atoms with Crippen LogP contribution in [0.5, 0.6) is 0 Å². The Morgan fingerprint density at radius 2 is 2.23 bits per heavy atom. The fraction of sp³-hybridized carbons (Fsp3) is 0.429. The number of sulfone groups is 1. The maximum absolute atomic E-state index is 12.1. The quantitative estimate of drug-likeness (QED) is 0.659. The third kappa shape index (κ3) is 4.07. The number of hydrogen-bond donors (Lipinski definition) is 2. The van der Waals surface area contributed by atoms with Crippen molar-refractivity contribution in [2.45, 2.75) is 17.5 Å². The Morgan fingerprint density at radius 3 is 2.88 bits per heavy atom. The molecule has 1 saturated heterocycles. The molecule has 1 aliphatic heterocycles. The van der Waals surface area contributed by atoms with Crippen molar-refractivity contribution in [3.8, 4) is 0 Å². The van der Waals surface area contributed by atoms with Gasteiger partial charge < -0.3 is 15.6 Å². The van der Waals surface area contributed by atoms with Gasteiger partial charge in [-0.25, -0.2) is 8.42 Å². The molecule has 1 unspecified atom stereocenters. The van der Waals surface area contributed by atoms with Crippen molar-refractivity contribution < 1.29 is 18.0 Å². The van der Waals surface area contributed by atoms with Crippen LogP contribution in [0.4, 0.5) is 5.00 Å². The highest BCUT2D eigenvalue weighted by Gasteiger charge is 2.32. The number of hydrogen-bond acceptors (Lipinski definition) is 8. The maximum Gasteiger partial charge on any atom is 0.251 e. The number of carbonyl (C=O) groups excluding carboxylic acids is 2. The molecule has 2 aromatic rings. The van der Waals surface area contributed by atoms with Crippen molar-refractivity contribution in [2.75, 3.05) is 22.6 Å². The Morgan fingerprint density at radius 1 is 1.46 bits per heavy atom. The van der Waals surface area contributed by atoms with Gasteiger partial charge in [-0.05, 0) is 17.9 Å². The van der Waals surface area contributed by atoms with Gasteiger partial charge >= 0.3 is 0 Å². The van der Waals surface area contributed by atoms with E-state index in [2.05, 4.69) is 15.5 Å². The molecule has 2 aromatic heterocycles. The minimum Gasteiger partial charge on any atom is -0.366 e. The fourth-order valence-corrected chi connectivity index (χ4v) is 5.96. The summed E-state index contributed by atoms with van der Waals surface area (Å²) in [6, 6.07) is 1.56. The van der Waals surface area contributed by atoms with Gasteiger partial charge in [0.05, 0.1) is 22.8 Å².